The first-order chi connectivity index (χ1) is 29.2. The summed E-state index contributed by atoms with van der Waals surface area (Å²) < 4.78 is 58.5. The van der Waals surface area contributed by atoms with Crippen molar-refractivity contribution in [1.82, 2.24) is 24.2 Å². The van der Waals surface area contributed by atoms with Crippen LogP contribution < -0.4 is 20.3 Å². The van der Waals surface area contributed by atoms with Crippen LogP contribution in [-0.4, -0.2) is 87.5 Å². The summed E-state index contributed by atoms with van der Waals surface area (Å²) in [6.45, 7) is 12.5. The van der Waals surface area contributed by atoms with Gasteiger partial charge in [0.2, 0.25) is 11.9 Å². The molecule has 17 heteroatoms. The van der Waals surface area contributed by atoms with Gasteiger partial charge in [0.15, 0.2) is 23.6 Å². The third-order valence-electron chi connectivity index (χ3n) is 10.3. The van der Waals surface area contributed by atoms with Crippen LogP contribution in [0.25, 0.3) is 11.2 Å². The number of ether oxygens (including phenoxy) is 4. The van der Waals surface area contributed by atoms with Crippen LogP contribution in [0.15, 0.2) is 90.0 Å². The van der Waals surface area contributed by atoms with Crippen LogP contribution in [0.5, 0.6) is 11.5 Å². The van der Waals surface area contributed by atoms with Gasteiger partial charge in [0, 0.05) is 12.0 Å². The Morgan fingerprint density at radius 3 is 2.11 bits per heavy atom. The number of benzene rings is 3. The van der Waals surface area contributed by atoms with Crippen LogP contribution >= 0.6 is 8.53 Å². The highest BCUT2D eigenvalue weighted by Crippen LogP contribution is 2.53. The maximum absolute atomic E-state index is 17.6. The molecule has 1 unspecified atom stereocenters. The Morgan fingerprint density at radius 2 is 1.59 bits per heavy atom. The molecule has 6 rings (SSSR count). The number of aromatic amines is 1. The highest BCUT2D eigenvalue weighted by molar-refractivity contribution is 7.44. The number of methoxy groups -OCH3 is 2. The Labute approximate surface area is 356 Å². The molecule has 1 amide bonds. The zero-order valence-corrected chi connectivity index (χ0v) is 36.7. The Morgan fingerprint density at radius 1 is 1.00 bits per heavy atom. The molecule has 1 saturated heterocycles. The largest absolute Gasteiger partial charge is 0.497 e. The Kier molecular flexibility index (Phi) is 14.2. The lowest BCUT2D eigenvalue weighted by Crippen LogP contribution is -2.46. The molecular formula is C44H53FN7O8P. The normalized spacial score (nSPS) is 18.8. The summed E-state index contributed by atoms with van der Waals surface area (Å²) in [6.07, 6.45) is -4.55. The number of halogens is 1. The van der Waals surface area contributed by atoms with Crippen LogP contribution in [0.4, 0.5) is 10.3 Å². The fraction of sp³-hybridized carbons (Fsp3) is 0.432. The number of carbonyl (C=O) groups is 1. The number of amides is 1. The fourth-order valence-corrected chi connectivity index (χ4v) is 9.14. The fourth-order valence-electron chi connectivity index (χ4n) is 7.34. The highest BCUT2D eigenvalue weighted by Gasteiger charge is 2.52. The van der Waals surface area contributed by atoms with Crippen LogP contribution in [0.3, 0.4) is 0 Å². The molecule has 61 heavy (non-hydrogen) atoms. The third kappa shape index (κ3) is 9.33. The van der Waals surface area contributed by atoms with E-state index < -0.39 is 55.8 Å². The number of nitrogens with zero attached hydrogens (tertiary/aromatic N) is 5. The highest BCUT2D eigenvalue weighted by atomic mass is 31.2. The van der Waals surface area contributed by atoms with Gasteiger partial charge in [-0.05, 0) is 75.6 Å². The monoisotopic (exact) mass is 857 g/mol. The van der Waals surface area contributed by atoms with E-state index in [-0.39, 0.29) is 42.3 Å². The van der Waals surface area contributed by atoms with E-state index >= 15 is 4.39 Å². The third-order valence-corrected chi connectivity index (χ3v) is 12.6. The molecule has 0 spiro atoms. The predicted octanol–water partition coefficient (Wildman–Crippen LogP) is 7.64. The average Bonchev–Trinajstić information content (AvgIpc) is 3.81. The summed E-state index contributed by atoms with van der Waals surface area (Å²) in [5.41, 5.74) is -0.856. The van der Waals surface area contributed by atoms with E-state index in [0.29, 0.717) is 11.5 Å². The zero-order chi connectivity index (χ0) is 44.1. The molecule has 2 N–H and O–H groups in total. The van der Waals surface area contributed by atoms with Crippen molar-refractivity contribution in [2.45, 2.75) is 90.3 Å². The number of aromatic nitrogens is 4. The number of nitriles is 1. The molecule has 3 aromatic carbocycles. The van der Waals surface area contributed by atoms with Crippen LogP contribution in [-0.2, 0) is 28.9 Å². The zero-order valence-electron chi connectivity index (χ0n) is 35.8. The van der Waals surface area contributed by atoms with Crippen molar-refractivity contribution >= 4 is 31.5 Å². The number of rotatable bonds is 18. The first kappa shape index (κ1) is 45.3. The second-order valence-corrected chi connectivity index (χ2v) is 16.9. The molecule has 5 atom stereocenters. The molecule has 2 aromatic heterocycles. The number of alkyl halides is 1. The maximum atomic E-state index is 17.6. The summed E-state index contributed by atoms with van der Waals surface area (Å²) in [5.74, 6) is 0.365. The van der Waals surface area contributed by atoms with Crippen molar-refractivity contribution in [3.05, 3.63) is 112 Å². The number of imidazole rings is 1. The minimum atomic E-state index is -2.08. The van der Waals surface area contributed by atoms with E-state index in [1.807, 2.05) is 92.7 Å². The lowest BCUT2D eigenvalue weighted by atomic mass is 9.80. The number of H-pyrrole nitrogens is 1. The summed E-state index contributed by atoms with van der Waals surface area (Å²) in [6, 6.07) is 26.7. The molecule has 0 aliphatic carbocycles. The molecular weight excluding hydrogens is 804 g/mol. The molecule has 15 nitrogen and oxygen atoms in total. The van der Waals surface area contributed by atoms with E-state index in [4.69, 9.17) is 28.0 Å². The second kappa shape index (κ2) is 19.2. The van der Waals surface area contributed by atoms with E-state index in [0.717, 1.165) is 16.7 Å². The molecule has 3 heterocycles. The van der Waals surface area contributed by atoms with Gasteiger partial charge in [-0.25, -0.2) is 14.0 Å². The van der Waals surface area contributed by atoms with Crippen LogP contribution in [0.1, 0.15) is 71.4 Å². The minimum Gasteiger partial charge on any atom is -0.497 e. The van der Waals surface area contributed by atoms with E-state index in [2.05, 4.69) is 26.3 Å². The molecule has 5 aromatic rings. The molecule has 1 fully saturated rings. The minimum absolute atomic E-state index is 0.0210. The van der Waals surface area contributed by atoms with Crippen molar-refractivity contribution in [3.8, 4) is 17.6 Å². The SMILES string of the molecule is CCOP(O[C@H]1[C@@H](F)[C@H](n2cnc3c(=O)[nH]c(NC(=O)C(C)C)nc32)O[C@@H]1COC(c1ccccc1)(c1ccc(OC)cc1)c1ccc(OC)cc1)N(C(C)C)C(C)(C)C#N. The second-order valence-electron chi connectivity index (χ2n) is 15.5. The number of anilines is 1. The van der Waals surface area contributed by atoms with E-state index in [1.165, 1.54) is 10.9 Å². The predicted molar refractivity (Wildman–Crippen MR) is 229 cm³/mol. The van der Waals surface area contributed by atoms with Gasteiger partial charge < -0.3 is 28.0 Å². The summed E-state index contributed by atoms with van der Waals surface area (Å²) in [5, 5.41) is 12.9. The Balaban J connectivity index is 1.49. The standard InChI is InChI=1S/C44H53FN7O8P/c1-10-58-61(52(28(4)5)43(6,7)25-46)60-37-34(59-41(35(37)45)51-26-47-36-38(51)48-42(50-40(36)54)49-39(53)27(2)3)24-57-44(29-14-12-11-13-15-29,30-16-20-32(55-8)21-17-30)31-18-22-33(56-9)23-19-31/h11-23,26-28,34-35,37,41H,10,24H2,1-9H3,(H2,48,49,50,53,54)/t34-,35-,37-,41-,61?/m1/s1. The molecule has 0 radical (unpaired) electrons. The molecule has 1 aliphatic rings. The van der Waals surface area contributed by atoms with E-state index in [1.54, 1.807) is 53.5 Å². The van der Waals surface area contributed by atoms with Crippen molar-refractivity contribution in [2.75, 3.05) is 32.8 Å². The maximum Gasteiger partial charge on any atom is 0.280 e. The Hall–Kier alpha value is -5.27. The van der Waals surface area contributed by atoms with Crippen LogP contribution in [0, 0.1) is 17.2 Å². The van der Waals surface area contributed by atoms with Gasteiger partial charge in [0.05, 0.1) is 39.8 Å². The quantitative estimate of drug-likeness (QED) is 0.0652. The molecule has 0 saturated carbocycles. The van der Waals surface area contributed by atoms with Crippen molar-refractivity contribution < 1.29 is 37.2 Å². The molecule has 324 valence electrons. The molecule has 1 aliphatic heterocycles. The van der Waals surface area contributed by atoms with Crippen molar-refractivity contribution in [3.63, 3.8) is 0 Å². The van der Waals surface area contributed by atoms with E-state index in [9.17, 15) is 14.9 Å². The molecule has 0 bridgehead atoms. The van der Waals surface area contributed by atoms with Gasteiger partial charge in [-0.3, -0.25) is 24.5 Å². The average molecular weight is 858 g/mol. The number of carbonyl (C=O) groups excluding carboxylic acids is 1. The van der Waals surface area contributed by atoms with Crippen molar-refractivity contribution in [2.24, 2.45) is 5.92 Å². The van der Waals surface area contributed by atoms with Gasteiger partial charge in [0.1, 0.15) is 34.8 Å². The number of hydrogen-bond acceptors (Lipinski definition) is 12. The number of nitrogens with one attached hydrogen (secondary N) is 2. The van der Waals surface area contributed by atoms with Gasteiger partial charge in [-0.2, -0.15) is 10.2 Å². The summed E-state index contributed by atoms with van der Waals surface area (Å²) in [4.78, 5) is 37.1. The lowest BCUT2D eigenvalue weighted by Gasteiger charge is -2.41. The van der Waals surface area contributed by atoms with Gasteiger partial charge in [-0.15, -0.1) is 0 Å². The van der Waals surface area contributed by atoms with Gasteiger partial charge in [0.25, 0.3) is 14.1 Å². The van der Waals surface area contributed by atoms with Gasteiger partial charge in [-0.1, -0.05) is 68.4 Å². The Bertz CT molecular complexity index is 2300. The van der Waals surface area contributed by atoms with Gasteiger partial charge >= 0.3 is 0 Å². The number of fused-ring (bicyclic) bond motifs is 1. The summed E-state index contributed by atoms with van der Waals surface area (Å²) in [7, 11) is 1.11. The first-order valence-corrected chi connectivity index (χ1v) is 21.2. The van der Waals surface area contributed by atoms with Crippen LogP contribution in [0.2, 0.25) is 0 Å². The number of hydrogen-bond donors (Lipinski definition) is 2. The lowest BCUT2D eigenvalue weighted by molar-refractivity contribution is -0.118. The van der Waals surface area contributed by atoms with Crippen molar-refractivity contribution in [1.29, 1.82) is 5.26 Å². The topological polar surface area (TPSA) is 175 Å². The smallest absolute Gasteiger partial charge is 0.280 e. The first-order valence-electron chi connectivity index (χ1n) is 20.0. The summed E-state index contributed by atoms with van der Waals surface area (Å²) >= 11 is 0.